The van der Waals surface area contributed by atoms with E-state index in [1.807, 2.05) is 0 Å². The lowest BCUT2D eigenvalue weighted by Gasteiger charge is -2.24. The quantitative estimate of drug-likeness (QED) is 0.182. The van der Waals surface area contributed by atoms with E-state index in [1.165, 1.54) is 60.8 Å². The summed E-state index contributed by atoms with van der Waals surface area (Å²) in [6.45, 7) is 9.44. The molecular weight excluding hydrogens is 679 g/mol. The summed E-state index contributed by atoms with van der Waals surface area (Å²) in [7, 11) is 0. The smallest absolute Gasteiger partial charge is 0.164 e. The Kier molecular flexibility index (Phi) is 6.94. The molecule has 1 aromatic heterocycles. The van der Waals surface area contributed by atoms with Crippen LogP contribution in [-0.2, 0) is 10.8 Å². The van der Waals surface area contributed by atoms with E-state index >= 15 is 0 Å². The maximum absolute atomic E-state index is 5.27. The van der Waals surface area contributed by atoms with Crippen LogP contribution in [0.4, 0.5) is 0 Å². The Bertz CT molecular complexity index is 3090. The van der Waals surface area contributed by atoms with Crippen molar-refractivity contribution in [3.05, 3.63) is 186 Å². The third kappa shape index (κ3) is 4.80. The molecular formula is C53H39N3. The molecule has 11 rings (SSSR count). The number of hydrogen-bond donors (Lipinski definition) is 0. The lowest BCUT2D eigenvalue weighted by atomic mass is 9.79. The Morgan fingerprint density at radius 3 is 1.48 bits per heavy atom. The summed E-state index contributed by atoms with van der Waals surface area (Å²) in [5.74, 6) is 1.98. The van der Waals surface area contributed by atoms with Gasteiger partial charge in [-0.05, 0) is 101 Å². The van der Waals surface area contributed by atoms with Gasteiger partial charge in [0.15, 0.2) is 17.5 Å². The van der Waals surface area contributed by atoms with Crippen molar-refractivity contribution in [2.45, 2.75) is 38.5 Å². The minimum atomic E-state index is -0.210. The first-order valence-corrected chi connectivity index (χ1v) is 19.5. The minimum Gasteiger partial charge on any atom is -0.208 e. The second kappa shape index (κ2) is 11.9. The van der Waals surface area contributed by atoms with Crippen LogP contribution in [0, 0.1) is 0 Å². The number of fused-ring (bicyclic) bond motifs is 8. The van der Waals surface area contributed by atoms with E-state index < -0.39 is 0 Å². The molecule has 8 aromatic carbocycles. The summed E-state index contributed by atoms with van der Waals surface area (Å²) in [4.78, 5) is 15.8. The molecule has 0 aliphatic heterocycles. The number of nitrogens with zero attached hydrogens (tertiary/aromatic N) is 3. The molecule has 0 saturated heterocycles. The predicted octanol–water partition coefficient (Wildman–Crippen LogP) is 13.5. The van der Waals surface area contributed by atoms with Crippen LogP contribution in [0.1, 0.15) is 49.9 Å². The molecule has 3 nitrogen and oxygen atoms in total. The van der Waals surface area contributed by atoms with Gasteiger partial charge in [-0.25, -0.2) is 15.0 Å². The maximum Gasteiger partial charge on any atom is 0.164 e. The molecule has 0 spiro atoms. The zero-order valence-electron chi connectivity index (χ0n) is 31.9. The van der Waals surface area contributed by atoms with Gasteiger partial charge in [-0.3, -0.25) is 0 Å². The van der Waals surface area contributed by atoms with E-state index in [0.717, 1.165) is 33.0 Å². The molecule has 0 atom stereocenters. The highest BCUT2D eigenvalue weighted by Gasteiger charge is 2.41. The normalized spacial score (nSPS) is 14.4. The van der Waals surface area contributed by atoms with E-state index in [9.17, 15) is 0 Å². The summed E-state index contributed by atoms with van der Waals surface area (Å²) in [5.41, 5.74) is 15.8. The average molecular weight is 718 g/mol. The molecule has 266 valence electrons. The molecule has 0 fully saturated rings. The highest BCUT2D eigenvalue weighted by atomic mass is 15.0. The molecule has 1 heterocycles. The van der Waals surface area contributed by atoms with Gasteiger partial charge >= 0.3 is 0 Å². The van der Waals surface area contributed by atoms with Gasteiger partial charge < -0.3 is 0 Å². The molecule has 0 N–H and O–H groups in total. The summed E-state index contributed by atoms with van der Waals surface area (Å²) in [6, 6.07) is 59.2. The molecule has 9 aromatic rings. The van der Waals surface area contributed by atoms with Crippen LogP contribution in [0.3, 0.4) is 0 Å². The van der Waals surface area contributed by atoms with Crippen LogP contribution in [0.5, 0.6) is 0 Å². The van der Waals surface area contributed by atoms with Crippen molar-refractivity contribution in [1.82, 2.24) is 15.0 Å². The van der Waals surface area contributed by atoms with Crippen molar-refractivity contribution in [3.8, 4) is 67.5 Å². The number of aromatic nitrogens is 3. The van der Waals surface area contributed by atoms with E-state index in [0.29, 0.717) is 17.5 Å². The van der Waals surface area contributed by atoms with Crippen molar-refractivity contribution < 1.29 is 0 Å². The van der Waals surface area contributed by atoms with Gasteiger partial charge in [0.2, 0.25) is 0 Å². The Morgan fingerprint density at radius 1 is 0.304 bits per heavy atom. The second-order valence-electron chi connectivity index (χ2n) is 16.4. The van der Waals surface area contributed by atoms with E-state index in [4.69, 9.17) is 15.0 Å². The number of hydrogen-bond acceptors (Lipinski definition) is 3. The van der Waals surface area contributed by atoms with Crippen LogP contribution in [0.2, 0.25) is 0 Å². The lowest BCUT2D eigenvalue weighted by molar-refractivity contribution is 0.652. The van der Waals surface area contributed by atoms with Crippen molar-refractivity contribution in [1.29, 1.82) is 0 Å². The highest BCUT2D eigenvalue weighted by molar-refractivity contribution is 5.98. The molecule has 56 heavy (non-hydrogen) atoms. The maximum atomic E-state index is 5.27. The van der Waals surface area contributed by atoms with Gasteiger partial charge in [0, 0.05) is 27.5 Å². The number of benzene rings is 8. The summed E-state index contributed by atoms with van der Waals surface area (Å²) in [5, 5.41) is 4.71. The van der Waals surface area contributed by atoms with Crippen LogP contribution in [-0.4, -0.2) is 15.0 Å². The molecule has 0 radical (unpaired) electrons. The molecule has 2 aliphatic carbocycles. The fraction of sp³-hybridized carbons (Fsp3) is 0.113. The summed E-state index contributed by atoms with van der Waals surface area (Å²) < 4.78 is 0. The standard InChI is InChI=1S/C53H39N3/c1-52(2)45-25-10-9-22-40(45)43-30-48-44(31-47(43)52)41-27-26-36(29-46(41)53(48,3)4)50-54-49(55-51(56-50)42-24-13-17-33-15-6-8-21-38(33)42)35-19-11-18-34(28-35)39-23-12-16-32-14-5-7-20-37(32)39/h5-31H,1-4H3. The van der Waals surface area contributed by atoms with Gasteiger partial charge in [-0.1, -0.05) is 167 Å². The Morgan fingerprint density at radius 2 is 0.768 bits per heavy atom. The van der Waals surface area contributed by atoms with Crippen LogP contribution >= 0.6 is 0 Å². The van der Waals surface area contributed by atoms with Crippen molar-refractivity contribution in [2.24, 2.45) is 0 Å². The van der Waals surface area contributed by atoms with E-state index in [-0.39, 0.29) is 10.8 Å². The van der Waals surface area contributed by atoms with Crippen molar-refractivity contribution in [3.63, 3.8) is 0 Å². The monoisotopic (exact) mass is 717 g/mol. The zero-order valence-corrected chi connectivity index (χ0v) is 31.9. The van der Waals surface area contributed by atoms with Crippen LogP contribution < -0.4 is 0 Å². The summed E-state index contributed by atoms with van der Waals surface area (Å²) in [6.07, 6.45) is 0. The molecule has 3 heteroatoms. The van der Waals surface area contributed by atoms with Crippen LogP contribution in [0.15, 0.2) is 164 Å². The van der Waals surface area contributed by atoms with Gasteiger partial charge in [0.25, 0.3) is 0 Å². The van der Waals surface area contributed by atoms with Crippen LogP contribution in [0.25, 0.3) is 89.1 Å². The SMILES string of the molecule is CC1(C)c2ccccc2-c2cc3c(cc21)-c1ccc(-c2nc(-c4cccc(-c5cccc6ccccc56)c4)nc(-c4cccc5ccccc45)n2)cc1C3(C)C. The van der Waals surface area contributed by atoms with Gasteiger partial charge in [0.05, 0.1) is 0 Å². The first kappa shape index (κ1) is 32.7. The van der Waals surface area contributed by atoms with Gasteiger partial charge in [-0.15, -0.1) is 0 Å². The first-order valence-electron chi connectivity index (χ1n) is 19.5. The Labute approximate surface area is 327 Å². The number of rotatable bonds is 4. The van der Waals surface area contributed by atoms with E-state index in [2.05, 4.69) is 191 Å². The Hall–Kier alpha value is -6.71. The van der Waals surface area contributed by atoms with Gasteiger partial charge in [0.1, 0.15) is 0 Å². The molecule has 0 unspecified atom stereocenters. The van der Waals surface area contributed by atoms with Crippen molar-refractivity contribution >= 4 is 21.5 Å². The minimum absolute atomic E-state index is 0.0575. The second-order valence-corrected chi connectivity index (χ2v) is 16.4. The summed E-state index contributed by atoms with van der Waals surface area (Å²) >= 11 is 0. The molecule has 0 bridgehead atoms. The average Bonchev–Trinajstić information content (AvgIpc) is 3.61. The third-order valence-corrected chi connectivity index (χ3v) is 12.5. The van der Waals surface area contributed by atoms with E-state index in [1.54, 1.807) is 0 Å². The molecule has 2 aliphatic rings. The Balaban J connectivity index is 1.08. The predicted molar refractivity (Wildman–Crippen MR) is 232 cm³/mol. The first-order chi connectivity index (χ1) is 27.3. The highest BCUT2D eigenvalue weighted by Crippen LogP contribution is 2.56. The largest absolute Gasteiger partial charge is 0.208 e. The third-order valence-electron chi connectivity index (χ3n) is 12.5. The topological polar surface area (TPSA) is 38.7 Å². The molecule has 0 amide bonds. The molecule has 0 saturated carbocycles. The lowest BCUT2D eigenvalue weighted by Crippen LogP contribution is -2.17. The zero-order chi connectivity index (χ0) is 37.8. The van der Waals surface area contributed by atoms with Crippen molar-refractivity contribution in [2.75, 3.05) is 0 Å². The van der Waals surface area contributed by atoms with Gasteiger partial charge in [-0.2, -0.15) is 0 Å². The fourth-order valence-electron chi connectivity index (χ4n) is 9.55. The fourth-order valence-corrected chi connectivity index (χ4v) is 9.55.